The summed E-state index contributed by atoms with van der Waals surface area (Å²) in [4.78, 5) is 61.7. The van der Waals surface area contributed by atoms with Crippen molar-refractivity contribution in [3.63, 3.8) is 0 Å². The van der Waals surface area contributed by atoms with Gasteiger partial charge in [-0.25, -0.2) is 4.79 Å². The number of rotatable bonds is 20. The van der Waals surface area contributed by atoms with Gasteiger partial charge in [0.15, 0.2) is 6.29 Å². The lowest BCUT2D eigenvalue weighted by Gasteiger charge is -2.32. The van der Waals surface area contributed by atoms with Crippen LogP contribution in [0.25, 0.3) is 0 Å². The van der Waals surface area contributed by atoms with Gasteiger partial charge in [-0.15, -0.1) is 0 Å². The SMILES string of the molecule is CNC(=O)C(CCC=O)N(C)C(=O)c1c(C=O)cccc1OCCCCCCCCCSN1CCC(NC(=O)OC(C)(C)C)CC1. The molecular weight excluding hydrogens is 608 g/mol. The van der Waals surface area contributed by atoms with Crippen molar-refractivity contribution in [3.8, 4) is 5.75 Å². The fraction of sp³-hybridized carbons (Fsp3) is 0.676. The molecule has 1 heterocycles. The van der Waals surface area contributed by atoms with E-state index >= 15 is 0 Å². The van der Waals surface area contributed by atoms with Crippen molar-refractivity contribution < 1.29 is 33.4 Å². The monoisotopic (exact) mass is 662 g/mol. The Morgan fingerprint density at radius 1 is 1.04 bits per heavy atom. The molecule has 1 aliphatic heterocycles. The summed E-state index contributed by atoms with van der Waals surface area (Å²) in [6.45, 7) is 7.97. The van der Waals surface area contributed by atoms with Gasteiger partial charge in [0.25, 0.3) is 5.91 Å². The van der Waals surface area contributed by atoms with Crippen LogP contribution in [0.15, 0.2) is 18.2 Å². The number of ether oxygens (including phenoxy) is 2. The molecule has 1 unspecified atom stereocenters. The van der Waals surface area contributed by atoms with E-state index in [2.05, 4.69) is 14.9 Å². The van der Waals surface area contributed by atoms with Gasteiger partial charge in [-0.1, -0.05) is 56.2 Å². The summed E-state index contributed by atoms with van der Waals surface area (Å²) < 4.78 is 13.7. The Balaban J connectivity index is 1.64. The molecule has 1 aliphatic rings. The molecule has 12 heteroatoms. The lowest BCUT2D eigenvalue weighted by atomic mass is 10.0. The zero-order chi connectivity index (χ0) is 34.0. The summed E-state index contributed by atoms with van der Waals surface area (Å²) in [5.41, 5.74) is -0.161. The van der Waals surface area contributed by atoms with E-state index in [0.717, 1.165) is 57.4 Å². The van der Waals surface area contributed by atoms with E-state index in [-0.39, 0.29) is 42.0 Å². The van der Waals surface area contributed by atoms with Crippen LogP contribution in [0.5, 0.6) is 5.75 Å². The van der Waals surface area contributed by atoms with Crippen LogP contribution in [0.4, 0.5) is 4.79 Å². The average Bonchev–Trinajstić information content (AvgIpc) is 3.02. The average molecular weight is 663 g/mol. The Labute approximate surface area is 279 Å². The topological polar surface area (TPSA) is 134 Å². The molecule has 0 aromatic heterocycles. The van der Waals surface area contributed by atoms with Gasteiger partial charge in [0, 0.05) is 51.0 Å². The zero-order valence-electron chi connectivity index (χ0n) is 28.3. The molecule has 0 saturated carbocycles. The maximum absolute atomic E-state index is 13.4. The highest BCUT2D eigenvalue weighted by Crippen LogP contribution is 2.25. The second-order valence-corrected chi connectivity index (χ2v) is 13.8. The van der Waals surface area contributed by atoms with Gasteiger partial charge < -0.3 is 29.8 Å². The fourth-order valence-corrected chi connectivity index (χ4v) is 6.33. The number of hydrogen-bond donors (Lipinski definition) is 2. The molecule has 258 valence electrons. The lowest BCUT2D eigenvalue weighted by molar-refractivity contribution is -0.125. The molecule has 0 spiro atoms. The predicted octanol–water partition coefficient (Wildman–Crippen LogP) is 5.41. The second kappa shape index (κ2) is 20.9. The van der Waals surface area contributed by atoms with Crippen molar-refractivity contribution in [2.75, 3.05) is 39.5 Å². The van der Waals surface area contributed by atoms with E-state index in [0.29, 0.717) is 24.9 Å². The summed E-state index contributed by atoms with van der Waals surface area (Å²) in [5.74, 6) is 0.534. The number of amides is 3. The number of nitrogens with zero attached hydrogens (tertiary/aromatic N) is 2. The molecule has 1 aromatic carbocycles. The quantitative estimate of drug-likeness (QED) is 0.107. The van der Waals surface area contributed by atoms with E-state index in [1.165, 1.54) is 38.3 Å². The molecule has 1 saturated heterocycles. The largest absolute Gasteiger partial charge is 0.493 e. The Morgan fingerprint density at radius 2 is 1.70 bits per heavy atom. The van der Waals surface area contributed by atoms with E-state index in [1.807, 2.05) is 32.7 Å². The van der Waals surface area contributed by atoms with Gasteiger partial charge >= 0.3 is 6.09 Å². The minimum absolute atomic E-state index is 0.125. The molecule has 46 heavy (non-hydrogen) atoms. The molecule has 2 N–H and O–H groups in total. The van der Waals surface area contributed by atoms with Crippen LogP contribution in [0, 0.1) is 0 Å². The first-order chi connectivity index (χ1) is 22.0. The third kappa shape index (κ3) is 14.1. The normalized spacial score (nSPS) is 14.6. The number of aldehydes is 2. The molecule has 0 bridgehead atoms. The molecule has 3 amide bonds. The van der Waals surface area contributed by atoms with E-state index in [4.69, 9.17) is 9.47 Å². The van der Waals surface area contributed by atoms with Gasteiger partial charge in [0.2, 0.25) is 5.91 Å². The smallest absolute Gasteiger partial charge is 0.407 e. The Bertz CT molecular complexity index is 1120. The number of alkyl carbamates (subject to hydrolysis) is 1. The standard InChI is InChI=1S/C34H54N4O7S/c1-34(2,3)45-33(43)36-27-18-20-38(21-19-27)46-24-12-10-8-6-7-9-11-23-44-29-17-13-15-26(25-40)30(29)32(42)37(5)28(16-14-22-39)31(41)35-4/h13,15,17,22,25,27-28H,6-12,14,16,18-21,23-24H2,1-5H3,(H,35,41)(H,36,43). The van der Waals surface area contributed by atoms with Crippen molar-refractivity contribution >= 4 is 42.4 Å². The fourth-order valence-electron chi connectivity index (χ4n) is 5.27. The molecule has 1 fully saturated rings. The summed E-state index contributed by atoms with van der Waals surface area (Å²) in [6.07, 6.45) is 10.8. The van der Waals surface area contributed by atoms with Crippen molar-refractivity contribution in [3.05, 3.63) is 29.3 Å². The molecular formula is C34H54N4O7S. The molecule has 0 radical (unpaired) electrons. The van der Waals surface area contributed by atoms with Crippen LogP contribution >= 0.6 is 11.9 Å². The molecule has 1 aromatic rings. The van der Waals surface area contributed by atoms with Crippen molar-refractivity contribution in [2.24, 2.45) is 0 Å². The van der Waals surface area contributed by atoms with Crippen molar-refractivity contribution in [2.45, 2.75) is 109 Å². The van der Waals surface area contributed by atoms with E-state index < -0.39 is 17.6 Å². The highest BCUT2D eigenvalue weighted by Gasteiger charge is 2.30. The number of unbranched alkanes of at least 4 members (excludes halogenated alkanes) is 6. The Kier molecular flexibility index (Phi) is 17.7. The zero-order valence-corrected chi connectivity index (χ0v) is 29.1. The van der Waals surface area contributed by atoms with Gasteiger partial charge in [0.05, 0.1) is 12.2 Å². The first-order valence-corrected chi connectivity index (χ1v) is 17.5. The second-order valence-electron chi connectivity index (χ2n) is 12.6. The van der Waals surface area contributed by atoms with Gasteiger partial charge in [-0.2, -0.15) is 0 Å². The Morgan fingerprint density at radius 3 is 2.30 bits per heavy atom. The first kappa shape index (κ1) is 39.1. The third-order valence-corrected chi connectivity index (χ3v) is 8.99. The van der Waals surface area contributed by atoms with E-state index in [9.17, 15) is 24.0 Å². The summed E-state index contributed by atoms with van der Waals surface area (Å²) in [7, 11) is 2.97. The third-order valence-electron chi connectivity index (χ3n) is 7.79. The number of carbonyl (C=O) groups excluding carboxylic acids is 5. The highest BCUT2D eigenvalue weighted by molar-refractivity contribution is 7.97. The molecule has 1 atom stereocenters. The summed E-state index contributed by atoms with van der Waals surface area (Å²) in [5, 5.41) is 5.52. The minimum atomic E-state index is -0.846. The van der Waals surface area contributed by atoms with Crippen LogP contribution < -0.4 is 15.4 Å². The number of nitrogens with one attached hydrogen (secondary N) is 2. The van der Waals surface area contributed by atoms with Gasteiger partial charge in [-0.3, -0.25) is 18.7 Å². The number of hydrogen-bond acceptors (Lipinski definition) is 9. The van der Waals surface area contributed by atoms with Gasteiger partial charge in [0.1, 0.15) is 23.7 Å². The number of benzene rings is 1. The van der Waals surface area contributed by atoms with Crippen LogP contribution in [0.2, 0.25) is 0 Å². The predicted molar refractivity (Wildman–Crippen MR) is 181 cm³/mol. The number of carbonyl (C=O) groups is 5. The van der Waals surface area contributed by atoms with E-state index in [1.54, 1.807) is 18.2 Å². The van der Waals surface area contributed by atoms with Crippen molar-refractivity contribution in [1.29, 1.82) is 0 Å². The van der Waals surface area contributed by atoms with Crippen LogP contribution in [0.1, 0.15) is 112 Å². The molecule has 0 aliphatic carbocycles. The maximum atomic E-state index is 13.4. The van der Waals surface area contributed by atoms with Crippen LogP contribution in [0.3, 0.4) is 0 Å². The first-order valence-electron chi connectivity index (χ1n) is 16.5. The van der Waals surface area contributed by atoms with Crippen molar-refractivity contribution in [1.82, 2.24) is 19.8 Å². The molecule has 11 nitrogen and oxygen atoms in total. The highest BCUT2D eigenvalue weighted by atomic mass is 32.2. The Hall–Kier alpha value is -3.12. The van der Waals surface area contributed by atoms with Crippen LogP contribution in [-0.2, 0) is 14.3 Å². The van der Waals surface area contributed by atoms with Crippen LogP contribution in [-0.4, -0.2) is 96.9 Å². The molecule has 2 rings (SSSR count). The summed E-state index contributed by atoms with van der Waals surface area (Å²) >= 11 is 1.91. The summed E-state index contributed by atoms with van der Waals surface area (Å²) in [6, 6.07) is 4.21. The minimum Gasteiger partial charge on any atom is -0.493 e. The lowest BCUT2D eigenvalue weighted by Crippen LogP contribution is -2.47. The number of likely N-dealkylation sites (N-methyl/N-ethyl adjacent to an activating group) is 2. The van der Waals surface area contributed by atoms with Gasteiger partial charge in [-0.05, 0) is 58.9 Å². The maximum Gasteiger partial charge on any atom is 0.407 e. The number of piperidine rings is 1.